The molecule has 3 rings (SSSR count). The van der Waals surface area contributed by atoms with Crippen LogP contribution >= 0.6 is 0 Å². The molecule has 3 N–H and O–H groups in total. The van der Waals surface area contributed by atoms with Gasteiger partial charge in [-0.15, -0.1) is 0 Å². The molecule has 0 bridgehead atoms. The molecule has 0 saturated heterocycles. The van der Waals surface area contributed by atoms with Gasteiger partial charge in [0, 0.05) is 23.9 Å². The summed E-state index contributed by atoms with van der Waals surface area (Å²) in [5, 5.41) is 9.28. The number of nitrogens with two attached hydrogens (primary N) is 1. The third-order valence-corrected chi connectivity index (χ3v) is 3.65. The second kappa shape index (κ2) is 6.23. The van der Waals surface area contributed by atoms with E-state index >= 15 is 0 Å². The SMILES string of the molecule is CC(C)n1cc(-c2nc(C(=O)O)c(N)nc2-c2ccco2)ccc1=O. The summed E-state index contributed by atoms with van der Waals surface area (Å²) >= 11 is 0. The zero-order chi connectivity index (χ0) is 18.1. The number of hydrogen-bond donors (Lipinski definition) is 2. The molecule has 0 amide bonds. The van der Waals surface area contributed by atoms with Crippen LogP contribution in [0, 0.1) is 0 Å². The van der Waals surface area contributed by atoms with E-state index in [2.05, 4.69) is 9.97 Å². The van der Waals surface area contributed by atoms with Crippen LogP contribution in [0.25, 0.3) is 22.7 Å². The van der Waals surface area contributed by atoms with E-state index < -0.39 is 5.97 Å². The third-order valence-electron chi connectivity index (χ3n) is 3.65. The van der Waals surface area contributed by atoms with Crippen molar-refractivity contribution in [1.82, 2.24) is 14.5 Å². The first kappa shape index (κ1) is 16.4. The number of nitrogens with zero attached hydrogens (tertiary/aromatic N) is 3. The summed E-state index contributed by atoms with van der Waals surface area (Å²) in [5.41, 5.74) is 6.32. The van der Waals surface area contributed by atoms with Crippen LogP contribution in [-0.4, -0.2) is 25.6 Å². The number of aromatic carboxylic acids is 1. The van der Waals surface area contributed by atoms with Crippen LogP contribution in [0.15, 0.2) is 45.9 Å². The average Bonchev–Trinajstić information content (AvgIpc) is 3.09. The smallest absolute Gasteiger partial charge is 0.358 e. The fraction of sp³-hybridized carbons (Fsp3) is 0.176. The number of nitrogen functional groups attached to an aromatic ring is 1. The van der Waals surface area contributed by atoms with E-state index in [9.17, 15) is 14.7 Å². The number of carboxylic acid groups (broad SMARTS) is 1. The number of hydrogen-bond acceptors (Lipinski definition) is 6. The maximum Gasteiger partial charge on any atom is 0.358 e. The highest BCUT2D eigenvalue weighted by Crippen LogP contribution is 2.30. The molecule has 8 heteroatoms. The van der Waals surface area contributed by atoms with Crippen molar-refractivity contribution in [2.75, 3.05) is 5.73 Å². The van der Waals surface area contributed by atoms with Crippen LogP contribution in [0.4, 0.5) is 5.82 Å². The summed E-state index contributed by atoms with van der Waals surface area (Å²) in [5.74, 6) is -1.09. The van der Waals surface area contributed by atoms with E-state index in [0.29, 0.717) is 17.0 Å². The molecule has 3 aromatic rings. The molecular formula is C17H16N4O4. The van der Waals surface area contributed by atoms with Crippen LogP contribution in [0.5, 0.6) is 0 Å². The lowest BCUT2D eigenvalue weighted by Gasteiger charge is -2.13. The molecule has 128 valence electrons. The summed E-state index contributed by atoms with van der Waals surface area (Å²) in [7, 11) is 0. The van der Waals surface area contributed by atoms with Gasteiger partial charge in [-0.3, -0.25) is 4.79 Å². The second-order valence-corrected chi connectivity index (χ2v) is 5.69. The molecule has 0 atom stereocenters. The first-order chi connectivity index (χ1) is 11.9. The van der Waals surface area contributed by atoms with Gasteiger partial charge in [-0.25, -0.2) is 14.8 Å². The molecule has 0 aliphatic carbocycles. The minimum Gasteiger partial charge on any atom is -0.476 e. The van der Waals surface area contributed by atoms with E-state index in [-0.39, 0.29) is 28.8 Å². The fourth-order valence-electron chi connectivity index (χ4n) is 2.44. The van der Waals surface area contributed by atoms with Gasteiger partial charge < -0.3 is 19.8 Å². The van der Waals surface area contributed by atoms with Gasteiger partial charge in [0.15, 0.2) is 17.3 Å². The number of pyridine rings is 1. The predicted octanol–water partition coefficient (Wildman–Crippen LogP) is 2.43. The van der Waals surface area contributed by atoms with Gasteiger partial charge >= 0.3 is 5.97 Å². The van der Waals surface area contributed by atoms with Crippen LogP contribution in [-0.2, 0) is 0 Å². The first-order valence-electron chi connectivity index (χ1n) is 7.55. The van der Waals surface area contributed by atoms with Gasteiger partial charge in [0.25, 0.3) is 5.56 Å². The Labute approximate surface area is 142 Å². The van der Waals surface area contributed by atoms with Crippen molar-refractivity contribution in [3.8, 4) is 22.7 Å². The minimum atomic E-state index is -1.28. The summed E-state index contributed by atoms with van der Waals surface area (Å²) in [4.78, 5) is 31.7. The molecule has 0 aliphatic rings. The highest BCUT2D eigenvalue weighted by atomic mass is 16.4. The molecule has 0 unspecified atom stereocenters. The predicted molar refractivity (Wildman–Crippen MR) is 91.2 cm³/mol. The molecule has 8 nitrogen and oxygen atoms in total. The van der Waals surface area contributed by atoms with Crippen molar-refractivity contribution in [1.29, 1.82) is 0 Å². The standard InChI is InChI=1S/C17H16N4O4/c1-9(2)21-8-10(5-6-12(21)22)13-14(11-4-3-7-25-11)20-16(18)15(19-13)17(23)24/h3-9H,1-2H3,(H2,18,20)(H,23,24). The Hall–Kier alpha value is -3.42. The highest BCUT2D eigenvalue weighted by Gasteiger charge is 2.21. The average molecular weight is 340 g/mol. The zero-order valence-electron chi connectivity index (χ0n) is 13.6. The number of furan rings is 1. The second-order valence-electron chi connectivity index (χ2n) is 5.69. The van der Waals surface area contributed by atoms with Crippen LogP contribution in [0.2, 0.25) is 0 Å². The van der Waals surface area contributed by atoms with Gasteiger partial charge in [-0.05, 0) is 32.0 Å². The molecule has 3 heterocycles. The Morgan fingerprint density at radius 3 is 2.60 bits per heavy atom. The summed E-state index contributed by atoms with van der Waals surface area (Å²) < 4.78 is 6.89. The first-order valence-corrected chi connectivity index (χ1v) is 7.55. The van der Waals surface area contributed by atoms with Gasteiger partial charge in [-0.1, -0.05) is 0 Å². The highest BCUT2D eigenvalue weighted by molar-refractivity contribution is 5.92. The number of rotatable bonds is 4. The fourth-order valence-corrected chi connectivity index (χ4v) is 2.44. The van der Waals surface area contributed by atoms with Crippen molar-refractivity contribution < 1.29 is 14.3 Å². The van der Waals surface area contributed by atoms with E-state index in [1.54, 1.807) is 24.4 Å². The molecule has 0 radical (unpaired) electrons. The van der Waals surface area contributed by atoms with Gasteiger partial charge in [0.1, 0.15) is 11.4 Å². The largest absolute Gasteiger partial charge is 0.476 e. The minimum absolute atomic E-state index is 0.0693. The van der Waals surface area contributed by atoms with Crippen molar-refractivity contribution in [3.05, 3.63) is 52.8 Å². The number of aromatic nitrogens is 3. The maximum absolute atomic E-state index is 12.0. The van der Waals surface area contributed by atoms with Gasteiger partial charge in [0.05, 0.1) is 6.26 Å². The van der Waals surface area contributed by atoms with Crippen molar-refractivity contribution >= 4 is 11.8 Å². The number of anilines is 1. The topological polar surface area (TPSA) is 124 Å². The Morgan fingerprint density at radius 2 is 2.00 bits per heavy atom. The third kappa shape index (κ3) is 3.01. The summed E-state index contributed by atoms with van der Waals surface area (Å²) in [6.45, 7) is 3.74. The molecule has 0 spiro atoms. The van der Waals surface area contributed by atoms with Crippen LogP contribution < -0.4 is 11.3 Å². The zero-order valence-corrected chi connectivity index (χ0v) is 13.6. The molecule has 0 aliphatic heterocycles. The monoisotopic (exact) mass is 340 g/mol. The van der Waals surface area contributed by atoms with Gasteiger partial charge in [-0.2, -0.15) is 0 Å². The summed E-state index contributed by atoms with van der Waals surface area (Å²) in [6, 6.07) is 6.25. The molecule has 0 fully saturated rings. The van der Waals surface area contributed by atoms with Gasteiger partial charge in [0.2, 0.25) is 0 Å². The number of carboxylic acids is 1. The van der Waals surface area contributed by atoms with Crippen molar-refractivity contribution in [2.45, 2.75) is 19.9 Å². The molecule has 0 aromatic carbocycles. The molecular weight excluding hydrogens is 324 g/mol. The summed E-state index contributed by atoms with van der Waals surface area (Å²) in [6.07, 6.45) is 3.09. The lowest BCUT2D eigenvalue weighted by molar-refractivity contribution is 0.0691. The molecule has 25 heavy (non-hydrogen) atoms. The number of carbonyl (C=O) groups is 1. The van der Waals surface area contributed by atoms with Crippen molar-refractivity contribution in [2.24, 2.45) is 0 Å². The normalized spacial score (nSPS) is 11.0. The van der Waals surface area contributed by atoms with Crippen LogP contribution in [0.3, 0.4) is 0 Å². The lowest BCUT2D eigenvalue weighted by atomic mass is 10.1. The quantitative estimate of drug-likeness (QED) is 0.747. The van der Waals surface area contributed by atoms with Crippen LogP contribution in [0.1, 0.15) is 30.4 Å². The van der Waals surface area contributed by atoms with E-state index in [4.69, 9.17) is 10.2 Å². The Kier molecular flexibility index (Phi) is 4.10. The Bertz CT molecular complexity index is 990. The lowest BCUT2D eigenvalue weighted by Crippen LogP contribution is -2.20. The Morgan fingerprint density at radius 1 is 1.24 bits per heavy atom. The molecule has 3 aromatic heterocycles. The molecule has 0 saturated carbocycles. The maximum atomic E-state index is 12.0. The van der Waals surface area contributed by atoms with E-state index in [1.807, 2.05) is 13.8 Å². The Balaban J connectivity index is 2.30. The van der Waals surface area contributed by atoms with Crippen molar-refractivity contribution in [3.63, 3.8) is 0 Å². The van der Waals surface area contributed by atoms with E-state index in [1.165, 1.54) is 16.9 Å². The van der Waals surface area contributed by atoms with E-state index in [0.717, 1.165) is 0 Å².